The minimum atomic E-state index is -4.32. The average Bonchev–Trinajstić information content (AvgIpc) is 2.60. The summed E-state index contributed by atoms with van der Waals surface area (Å²) in [6.45, 7) is 0. The first-order chi connectivity index (χ1) is 13.2. The quantitative estimate of drug-likeness (QED) is 0.542. The second-order valence-corrected chi connectivity index (χ2v) is 6.47. The molecular weight excluding hydrogens is 377 g/mol. The van der Waals surface area contributed by atoms with Gasteiger partial charge in [-0.25, -0.2) is 0 Å². The predicted octanol–water partition coefficient (Wildman–Crippen LogP) is 4.77. The van der Waals surface area contributed by atoms with Gasteiger partial charge in [-0.15, -0.1) is 0 Å². The van der Waals surface area contributed by atoms with Crippen LogP contribution in [0.2, 0.25) is 0 Å². The lowest BCUT2D eigenvalue weighted by atomic mass is 9.90. The maximum Gasteiger partial charge on any atom is 0.389 e. The Kier molecular flexibility index (Phi) is 5.22. The molecule has 0 saturated carbocycles. The van der Waals surface area contributed by atoms with Crippen LogP contribution in [0.15, 0.2) is 51.7 Å². The van der Waals surface area contributed by atoms with Crippen LogP contribution >= 0.6 is 0 Å². The Bertz CT molecular complexity index is 1060. The molecule has 0 aliphatic rings. The van der Waals surface area contributed by atoms with E-state index in [0.29, 0.717) is 5.56 Å². The van der Waals surface area contributed by atoms with E-state index in [1.54, 1.807) is 0 Å². The van der Waals surface area contributed by atoms with E-state index in [4.69, 9.17) is 4.42 Å². The van der Waals surface area contributed by atoms with Crippen molar-refractivity contribution in [3.8, 4) is 17.2 Å². The fourth-order valence-electron chi connectivity index (χ4n) is 3.12. The average molecular weight is 394 g/mol. The number of aromatic hydroxyl groups is 3. The number of phenols is 3. The molecule has 0 amide bonds. The molecule has 0 saturated heterocycles. The molecule has 3 N–H and O–H groups in total. The number of phenolic OH excluding ortho intramolecular Hbond substituents is 3. The Hall–Kier alpha value is -3.16. The van der Waals surface area contributed by atoms with Crippen LogP contribution in [0.3, 0.4) is 0 Å². The fourth-order valence-corrected chi connectivity index (χ4v) is 3.12. The molecular formula is C20H17F3O5. The van der Waals surface area contributed by atoms with Gasteiger partial charge in [-0.3, -0.25) is 4.79 Å². The second kappa shape index (κ2) is 7.46. The number of rotatable bonds is 5. The Morgan fingerprint density at radius 1 is 0.964 bits per heavy atom. The van der Waals surface area contributed by atoms with Crippen LogP contribution in [0, 0.1) is 0 Å². The van der Waals surface area contributed by atoms with Crippen LogP contribution < -0.4 is 5.43 Å². The SMILES string of the molecule is O=c1cc(C(CCCC(F)(F)F)c2ccc(O)c(O)c2)oc2cccc(O)c12. The molecule has 3 aromatic rings. The monoisotopic (exact) mass is 394 g/mol. The third-order valence-corrected chi connectivity index (χ3v) is 4.45. The van der Waals surface area contributed by atoms with Crippen molar-refractivity contribution in [3.05, 3.63) is 64.0 Å². The maximum absolute atomic E-state index is 12.6. The molecule has 0 aliphatic carbocycles. The van der Waals surface area contributed by atoms with Gasteiger partial charge in [0.25, 0.3) is 0 Å². The van der Waals surface area contributed by atoms with Gasteiger partial charge in [0.15, 0.2) is 16.9 Å². The molecule has 28 heavy (non-hydrogen) atoms. The van der Waals surface area contributed by atoms with E-state index in [2.05, 4.69) is 0 Å². The van der Waals surface area contributed by atoms with Gasteiger partial charge >= 0.3 is 6.18 Å². The molecule has 5 nitrogen and oxygen atoms in total. The topological polar surface area (TPSA) is 90.9 Å². The van der Waals surface area contributed by atoms with Crippen molar-refractivity contribution in [2.75, 3.05) is 0 Å². The minimum Gasteiger partial charge on any atom is -0.507 e. The number of alkyl halides is 3. The smallest absolute Gasteiger partial charge is 0.389 e. The van der Waals surface area contributed by atoms with Gasteiger partial charge in [0.05, 0.1) is 0 Å². The summed E-state index contributed by atoms with van der Waals surface area (Å²) in [4.78, 5) is 12.4. The summed E-state index contributed by atoms with van der Waals surface area (Å²) in [5.74, 6) is -1.71. The maximum atomic E-state index is 12.6. The third-order valence-electron chi connectivity index (χ3n) is 4.45. The van der Waals surface area contributed by atoms with Crippen molar-refractivity contribution in [2.45, 2.75) is 31.4 Å². The zero-order chi connectivity index (χ0) is 20.5. The lowest BCUT2D eigenvalue weighted by Crippen LogP contribution is -2.11. The minimum absolute atomic E-state index is 0.00299. The van der Waals surface area contributed by atoms with E-state index in [1.807, 2.05) is 0 Å². The number of hydrogen-bond donors (Lipinski definition) is 3. The zero-order valence-corrected chi connectivity index (χ0v) is 14.5. The molecule has 1 aromatic heterocycles. The fraction of sp³-hybridized carbons (Fsp3) is 0.250. The molecule has 0 aliphatic heterocycles. The van der Waals surface area contributed by atoms with Gasteiger partial charge in [0, 0.05) is 18.4 Å². The van der Waals surface area contributed by atoms with Gasteiger partial charge < -0.3 is 19.7 Å². The van der Waals surface area contributed by atoms with Crippen molar-refractivity contribution in [1.82, 2.24) is 0 Å². The van der Waals surface area contributed by atoms with E-state index in [0.717, 1.165) is 6.07 Å². The highest BCUT2D eigenvalue weighted by Gasteiger charge is 2.28. The number of hydrogen-bond acceptors (Lipinski definition) is 5. The number of benzene rings is 2. The van der Waals surface area contributed by atoms with E-state index in [-0.39, 0.29) is 41.1 Å². The van der Waals surface area contributed by atoms with Crippen molar-refractivity contribution < 1.29 is 32.9 Å². The van der Waals surface area contributed by atoms with Crippen LogP contribution in [-0.2, 0) is 0 Å². The van der Waals surface area contributed by atoms with E-state index in [9.17, 15) is 33.3 Å². The molecule has 0 spiro atoms. The highest BCUT2D eigenvalue weighted by atomic mass is 19.4. The summed E-state index contributed by atoms with van der Waals surface area (Å²) >= 11 is 0. The van der Waals surface area contributed by atoms with Crippen LogP contribution in [0.4, 0.5) is 13.2 Å². The third kappa shape index (κ3) is 4.21. The van der Waals surface area contributed by atoms with E-state index < -0.39 is 29.7 Å². The molecule has 1 atom stereocenters. The molecule has 1 unspecified atom stereocenters. The Balaban J connectivity index is 2.06. The first-order valence-electron chi connectivity index (χ1n) is 8.50. The normalized spacial score (nSPS) is 13.0. The molecule has 3 rings (SSSR count). The first kappa shape index (κ1) is 19.6. The predicted molar refractivity (Wildman–Crippen MR) is 95.7 cm³/mol. The summed E-state index contributed by atoms with van der Waals surface area (Å²) in [6, 6.07) is 9.30. The largest absolute Gasteiger partial charge is 0.507 e. The van der Waals surface area contributed by atoms with Crippen LogP contribution in [0.5, 0.6) is 17.2 Å². The standard InChI is InChI=1S/C20H17F3O5/c21-20(22,23)8-2-3-12(11-6-7-13(24)15(26)9-11)18-10-16(27)19-14(25)4-1-5-17(19)28-18/h1,4-7,9-10,12,24-26H,2-3,8H2. The zero-order valence-electron chi connectivity index (χ0n) is 14.5. The van der Waals surface area contributed by atoms with Crippen molar-refractivity contribution >= 4 is 11.0 Å². The summed E-state index contributed by atoms with van der Waals surface area (Å²) in [6.07, 6.45) is -5.56. The van der Waals surface area contributed by atoms with E-state index in [1.165, 1.54) is 36.4 Å². The second-order valence-electron chi connectivity index (χ2n) is 6.47. The highest BCUT2D eigenvalue weighted by Crippen LogP contribution is 2.37. The molecule has 8 heteroatoms. The Labute approximate surface area is 157 Å². The van der Waals surface area contributed by atoms with Crippen LogP contribution in [0.25, 0.3) is 11.0 Å². The number of fused-ring (bicyclic) bond motifs is 1. The Morgan fingerprint density at radius 3 is 2.39 bits per heavy atom. The summed E-state index contributed by atoms with van der Waals surface area (Å²) < 4.78 is 43.4. The lowest BCUT2D eigenvalue weighted by molar-refractivity contribution is -0.135. The molecule has 0 bridgehead atoms. The van der Waals surface area contributed by atoms with Crippen molar-refractivity contribution in [1.29, 1.82) is 0 Å². The molecule has 148 valence electrons. The lowest BCUT2D eigenvalue weighted by Gasteiger charge is -2.18. The van der Waals surface area contributed by atoms with Crippen molar-refractivity contribution in [3.63, 3.8) is 0 Å². The Morgan fingerprint density at radius 2 is 1.71 bits per heavy atom. The molecule has 0 radical (unpaired) electrons. The van der Waals surface area contributed by atoms with Crippen LogP contribution in [-0.4, -0.2) is 21.5 Å². The van der Waals surface area contributed by atoms with Gasteiger partial charge in [0.1, 0.15) is 22.5 Å². The number of halogens is 3. The van der Waals surface area contributed by atoms with Gasteiger partial charge in [0.2, 0.25) is 0 Å². The van der Waals surface area contributed by atoms with Gasteiger partial charge in [-0.1, -0.05) is 12.1 Å². The molecule has 0 fully saturated rings. The van der Waals surface area contributed by atoms with Crippen molar-refractivity contribution in [2.24, 2.45) is 0 Å². The van der Waals surface area contributed by atoms with Crippen LogP contribution in [0.1, 0.15) is 36.5 Å². The summed E-state index contributed by atoms with van der Waals surface area (Å²) in [5, 5.41) is 29.1. The molecule has 1 heterocycles. The highest BCUT2D eigenvalue weighted by molar-refractivity contribution is 5.82. The first-order valence-corrected chi connectivity index (χ1v) is 8.50. The summed E-state index contributed by atoms with van der Waals surface area (Å²) in [5.41, 5.74) is -0.0374. The van der Waals surface area contributed by atoms with Gasteiger partial charge in [-0.2, -0.15) is 13.2 Å². The van der Waals surface area contributed by atoms with Gasteiger partial charge in [-0.05, 0) is 42.7 Å². The molecule has 2 aromatic carbocycles. The van der Waals surface area contributed by atoms with E-state index >= 15 is 0 Å². The summed E-state index contributed by atoms with van der Waals surface area (Å²) in [7, 11) is 0.